The first-order valence-corrected chi connectivity index (χ1v) is 18.1. The Kier molecular flexibility index (Phi) is 31.0. The summed E-state index contributed by atoms with van der Waals surface area (Å²) in [5, 5.41) is 0. The molecule has 0 atom stereocenters. The zero-order valence-corrected chi connectivity index (χ0v) is 28.2. The van der Waals surface area contributed by atoms with Crippen molar-refractivity contribution in [1.82, 2.24) is 4.90 Å². The van der Waals surface area contributed by atoms with Crippen molar-refractivity contribution in [2.24, 2.45) is 5.92 Å². The molecule has 0 aliphatic carbocycles. The zero-order chi connectivity index (χ0) is 30.2. The van der Waals surface area contributed by atoms with Gasteiger partial charge in [-0.2, -0.15) is 0 Å². The van der Waals surface area contributed by atoms with E-state index in [9.17, 15) is 9.59 Å². The Morgan fingerprint density at radius 3 is 1.49 bits per heavy atom. The molecule has 0 aliphatic rings. The molecular weight excluding hydrogens is 510 g/mol. The van der Waals surface area contributed by atoms with Gasteiger partial charge >= 0.3 is 11.9 Å². The fraction of sp³-hybridized carbons (Fsp3) is 0.944. The first kappa shape index (κ1) is 39.9. The van der Waals surface area contributed by atoms with Gasteiger partial charge in [-0.3, -0.25) is 14.5 Å². The van der Waals surface area contributed by atoms with Crippen LogP contribution in [0.2, 0.25) is 0 Å². The molecule has 0 rings (SSSR count). The van der Waals surface area contributed by atoms with Crippen LogP contribution in [0.4, 0.5) is 0 Å². The third-order valence-corrected chi connectivity index (χ3v) is 8.22. The van der Waals surface area contributed by atoms with E-state index < -0.39 is 0 Å². The third kappa shape index (κ3) is 28.8. The quantitative estimate of drug-likeness (QED) is 0.0584. The van der Waals surface area contributed by atoms with Gasteiger partial charge in [0.05, 0.1) is 6.61 Å². The Labute approximate surface area is 256 Å². The number of rotatable bonds is 32. The SMILES string of the molecule is CCCCCCCCCCOC(=O)CCCN(CCOC(=O)CCCCC)CC(CCCCCC)CCCCCC. The molecular formula is C36H71NO4. The van der Waals surface area contributed by atoms with E-state index in [1.807, 2.05) is 0 Å². The highest BCUT2D eigenvalue weighted by Crippen LogP contribution is 2.20. The largest absolute Gasteiger partial charge is 0.466 e. The standard InChI is InChI=1S/C36H71NO4/c1-5-9-13-16-17-18-19-23-31-40-36(39)28-24-29-37(30-32-41-35(38)27-20-12-8-4)33-34(25-21-14-10-6-2)26-22-15-11-7-3/h34H,5-33H2,1-4H3. The average molecular weight is 582 g/mol. The topological polar surface area (TPSA) is 55.8 Å². The highest BCUT2D eigenvalue weighted by Gasteiger charge is 2.16. The Morgan fingerprint density at radius 1 is 0.488 bits per heavy atom. The molecule has 0 N–H and O–H groups in total. The molecule has 0 aliphatic heterocycles. The van der Waals surface area contributed by atoms with Crippen LogP contribution in [0.1, 0.15) is 182 Å². The van der Waals surface area contributed by atoms with Crippen molar-refractivity contribution < 1.29 is 19.1 Å². The molecule has 0 unspecified atom stereocenters. The summed E-state index contributed by atoms with van der Waals surface area (Å²) in [6.45, 7) is 12.6. The van der Waals surface area contributed by atoms with Crippen molar-refractivity contribution in [1.29, 1.82) is 0 Å². The van der Waals surface area contributed by atoms with Crippen LogP contribution in [0.15, 0.2) is 0 Å². The summed E-state index contributed by atoms with van der Waals surface area (Å²) in [4.78, 5) is 27.0. The summed E-state index contributed by atoms with van der Waals surface area (Å²) >= 11 is 0. The molecule has 0 aromatic heterocycles. The molecule has 0 aromatic carbocycles. The Hall–Kier alpha value is -1.10. The lowest BCUT2D eigenvalue weighted by Crippen LogP contribution is -2.34. The number of hydrogen-bond acceptors (Lipinski definition) is 5. The fourth-order valence-electron chi connectivity index (χ4n) is 5.53. The van der Waals surface area contributed by atoms with Gasteiger partial charge in [0.1, 0.15) is 6.61 Å². The van der Waals surface area contributed by atoms with E-state index in [4.69, 9.17) is 9.47 Å². The van der Waals surface area contributed by atoms with E-state index in [0.717, 1.165) is 58.2 Å². The van der Waals surface area contributed by atoms with E-state index in [2.05, 4.69) is 32.6 Å². The normalized spacial score (nSPS) is 11.5. The predicted octanol–water partition coefficient (Wildman–Crippen LogP) is 10.4. The fourth-order valence-corrected chi connectivity index (χ4v) is 5.53. The Bertz CT molecular complexity index is 556. The van der Waals surface area contributed by atoms with Crippen LogP contribution in [-0.2, 0) is 19.1 Å². The molecule has 0 spiro atoms. The van der Waals surface area contributed by atoms with Crippen LogP contribution < -0.4 is 0 Å². The molecule has 0 bridgehead atoms. The van der Waals surface area contributed by atoms with Crippen LogP contribution in [-0.4, -0.2) is 49.7 Å². The first-order valence-electron chi connectivity index (χ1n) is 18.1. The Morgan fingerprint density at radius 2 is 0.927 bits per heavy atom. The van der Waals surface area contributed by atoms with Crippen molar-refractivity contribution in [2.45, 2.75) is 182 Å². The zero-order valence-electron chi connectivity index (χ0n) is 28.2. The van der Waals surface area contributed by atoms with Gasteiger partial charge in [0.2, 0.25) is 0 Å². The lowest BCUT2D eigenvalue weighted by atomic mass is 9.93. The monoisotopic (exact) mass is 582 g/mol. The summed E-state index contributed by atoms with van der Waals surface area (Å²) in [6.07, 6.45) is 27.9. The molecule has 5 heteroatoms. The summed E-state index contributed by atoms with van der Waals surface area (Å²) in [7, 11) is 0. The second kappa shape index (κ2) is 31.8. The molecule has 41 heavy (non-hydrogen) atoms. The van der Waals surface area contributed by atoms with E-state index in [-0.39, 0.29) is 11.9 Å². The number of ether oxygens (including phenoxy) is 2. The van der Waals surface area contributed by atoms with Crippen LogP contribution >= 0.6 is 0 Å². The van der Waals surface area contributed by atoms with E-state index in [0.29, 0.717) is 32.0 Å². The molecule has 0 amide bonds. The van der Waals surface area contributed by atoms with Crippen molar-refractivity contribution in [3.05, 3.63) is 0 Å². The lowest BCUT2D eigenvalue weighted by molar-refractivity contribution is -0.144. The van der Waals surface area contributed by atoms with Gasteiger partial charge in [-0.25, -0.2) is 0 Å². The number of hydrogen-bond donors (Lipinski definition) is 0. The summed E-state index contributed by atoms with van der Waals surface area (Å²) in [5.41, 5.74) is 0. The predicted molar refractivity (Wildman–Crippen MR) is 175 cm³/mol. The molecule has 5 nitrogen and oxygen atoms in total. The minimum atomic E-state index is -0.0707. The highest BCUT2D eigenvalue weighted by molar-refractivity contribution is 5.69. The van der Waals surface area contributed by atoms with Gasteiger partial charge in [0.25, 0.3) is 0 Å². The van der Waals surface area contributed by atoms with Gasteiger partial charge in [-0.1, -0.05) is 137 Å². The van der Waals surface area contributed by atoms with Gasteiger partial charge in [0, 0.05) is 25.9 Å². The molecule has 244 valence electrons. The van der Waals surface area contributed by atoms with Crippen LogP contribution in [0, 0.1) is 5.92 Å². The van der Waals surface area contributed by atoms with E-state index in [1.165, 1.54) is 103 Å². The number of unbranched alkanes of at least 4 members (excludes halogenated alkanes) is 15. The maximum atomic E-state index is 12.4. The lowest BCUT2D eigenvalue weighted by Gasteiger charge is -2.28. The van der Waals surface area contributed by atoms with Crippen molar-refractivity contribution >= 4 is 11.9 Å². The molecule has 0 saturated carbocycles. The van der Waals surface area contributed by atoms with Crippen molar-refractivity contribution in [3.8, 4) is 0 Å². The Balaban J connectivity index is 4.62. The number of nitrogens with zero attached hydrogens (tertiary/aromatic N) is 1. The maximum Gasteiger partial charge on any atom is 0.305 e. The van der Waals surface area contributed by atoms with Crippen LogP contribution in [0.5, 0.6) is 0 Å². The van der Waals surface area contributed by atoms with Crippen LogP contribution in [0.25, 0.3) is 0 Å². The van der Waals surface area contributed by atoms with Gasteiger partial charge < -0.3 is 9.47 Å². The van der Waals surface area contributed by atoms with E-state index >= 15 is 0 Å². The maximum absolute atomic E-state index is 12.4. The second-order valence-corrected chi connectivity index (χ2v) is 12.3. The van der Waals surface area contributed by atoms with Gasteiger partial charge in [0.15, 0.2) is 0 Å². The smallest absolute Gasteiger partial charge is 0.305 e. The minimum absolute atomic E-state index is 0.0640. The third-order valence-electron chi connectivity index (χ3n) is 8.22. The van der Waals surface area contributed by atoms with Crippen molar-refractivity contribution in [3.63, 3.8) is 0 Å². The number of carbonyl (C=O) groups excluding carboxylic acids is 2. The second-order valence-electron chi connectivity index (χ2n) is 12.3. The molecule has 0 saturated heterocycles. The number of esters is 2. The average Bonchev–Trinajstić information content (AvgIpc) is 2.96. The minimum Gasteiger partial charge on any atom is -0.466 e. The van der Waals surface area contributed by atoms with Crippen LogP contribution in [0.3, 0.4) is 0 Å². The summed E-state index contributed by atoms with van der Waals surface area (Å²) in [6, 6.07) is 0. The first-order chi connectivity index (χ1) is 20.1. The molecule has 0 radical (unpaired) electrons. The van der Waals surface area contributed by atoms with Crippen molar-refractivity contribution in [2.75, 3.05) is 32.8 Å². The molecule has 0 aromatic rings. The van der Waals surface area contributed by atoms with Gasteiger partial charge in [-0.15, -0.1) is 0 Å². The molecule has 0 heterocycles. The number of carbonyl (C=O) groups is 2. The van der Waals surface area contributed by atoms with E-state index in [1.54, 1.807) is 0 Å². The van der Waals surface area contributed by atoms with Gasteiger partial charge in [-0.05, 0) is 44.6 Å². The highest BCUT2D eigenvalue weighted by atomic mass is 16.5. The molecule has 0 fully saturated rings. The summed E-state index contributed by atoms with van der Waals surface area (Å²) < 4.78 is 11.1. The summed E-state index contributed by atoms with van der Waals surface area (Å²) in [5.74, 6) is 0.544.